The van der Waals surface area contributed by atoms with E-state index in [1.807, 2.05) is 32.2 Å². The van der Waals surface area contributed by atoms with Gasteiger partial charge in [-0.1, -0.05) is 6.07 Å². The molecule has 0 spiro atoms. The zero-order valence-electron chi connectivity index (χ0n) is 11.0. The van der Waals surface area contributed by atoms with Crippen LogP contribution in [0.15, 0.2) is 18.2 Å². The van der Waals surface area contributed by atoms with E-state index in [2.05, 4.69) is 5.32 Å². The minimum atomic E-state index is -0.730. The van der Waals surface area contributed by atoms with Crippen LogP contribution in [0.25, 0.3) is 0 Å². The fraction of sp³-hybridized carbons (Fsp3) is 0.500. The summed E-state index contributed by atoms with van der Waals surface area (Å²) < 4.78 is 5.71. The predicted octanol–water partition coefficient (Wildman–Crippen LogP) is 3.06. The molecule has 0 aliphatic carbocycles. The normalized spacial score (nSPS) is 10.1. The van der Waals surface area contributed by atoms with E-state index in [1.165, 1.54) is 0 Å². The number of anilines is 1. The Hall–Kier alpha value is -1.71. The van der Waals surface area contributed by atoms with Crippen molar-refractivity contribution >= 4 is 11.7 Å². The molecule has 1 aromatic rings. The van der Waals surface area contributed by atoms with Gasteiger partial charge in [-0.15, -0.1) is 0 Å². The van der Waals surface area contributed by atoms with Crippen molar-refractivity contribution in [1.29, 1.82) is 0 Å². The van der Waals surface area contributed by atoms with E-state index in [0.29, 0.717) is 13.0 Å². The molecule has 0 saturated heterocycles. The Morgan fingerprint density at radius 1 is 1.33 bits per heavy atom. The molecule has 1 aromatic carbocycles. The first-order valence-electron chi connectivity index (χ1n) is 6.26. The Balaban J connectivity index is 2.30. The summed E-state index contributed by atoms with van der Waals surface area (Å²) in [4.78, 5) is 10.3. The molecule has 1 rings (SSSR count). The average molecular weight is 251 g/mol. The van der Waals surface area contributed by atoms with Crippen molar-refractivity contribution in [2.45, 2.75) is 32.6 Å². The van der Waals surface area contributed by atoms with Crippen LogP contribution in [0.2, 0.25) is 0 Å². The molecular formula is C14H21NO3. The standard InChI is InChI=1S/C14H21NO3/c1-11-7-8-12(15-2)13(10-11)18-9-5-3-4-6-14(16)17/h7-8,10,15H,3-6,9H2,1-2H3,(H,16,17). The van der Waals surface area contributed by atoms with Gasteiger partial charge in [0.25, 0.3) is 0 Å². The summed E-state index contributed by atoms with van der Waals surface area (Å²) in [6, 6.07) is 6.03. The van der Waals surface area contributed by atoms with E-state index in [-0.39, 0.29) is 6.42 Å². The lowest BCUT2D eigenvalue weighted by molar-refractivity contribution is -0.137. The number of ether oxygens (including phenoxy) is 1. The van der Waals surface area contributed by atoms with Crippen LogP contribution < -0.4 is 10.1 Å². The van der Waals surface area contributed by atoms with E-state index in [1.54, 1.807) is 0 Å². The van der Waals surface area contributed by atoms with Gasteiger partial charge in [0.1, 0.15) is 5.75 Å². The van der Waals surface area contributed by atoms with E-state index in [0.717, 1.165) is 29.8 Å². The molecule has 0 aromatic heterocycles. The first kappa shape index (κ1) is 14.4. The lowest BCUT2D eigenvalue weighted by Gasteiger charge is -2.11. The summed E-state index contributed by atoms with van der Waals surface area (Å²) in [5.41, 5.74) is 2.14. The second-order valence-corrected chi connectivity index (χ2v) is 4.30. The molecule has 0 amide bonds. The Bertz CT molecular complexity index is 391. The largest absolute Gasteiger partial charge is 0.491 e. The number of aryl methyl sites for hydroxylation is 1. The maximum absolute atomic E-state index is 10.3. The van der Waals surface area contributed by atoms with Crippen LogP contribution in [0.5, 0.6) is 5.75 Å². The maximum atomic E-state index is 10.3. The number of carbonyl (C=O) groups is 1. The summed E-state index contributed by atoms with van der Waals surface area (Å²) >= 11 is 0. The molecule has 18 heavy (non-hydrogen) atoms. The van der Waals surface area contributed by atoms with Gasteiger partial charge in [0.15, 0.2) is 0 Å². The Morgan fingerprint density at radius 3 is 2.78 bits per heavy atom. The van der Waals surface area contributed by atoms with Crippen molar-refractivity contribution in [3.8, 4) is 5.75 Å². The van der Waals surface area contributed by atoms with Crippen LogP contribution in [0.4, 0.5) is 5.69 Å². The molecule has 0 heterocycles. The van der Waals surface area contributed by atoms with Gasteiger partial charge in [-0.3, -0.25) is 4.79 Å². The third-order valence-corrected chi connectivity index (χ3v) is 2.70. The molecule has 4 heteroatoms. The summed E-state index contributed by atoms with van der Waals surface area (Å²) in [6.07, 6.45) is 2.72. The number of hydrogen-bond donors (Lipinski definition) is 2. The van der Waals surface area contributed by atoms with Gasteiger partial charge in [0.05, 0.1) is 12.3 Å². The fourth-order valence-corrected chi connectivity index (χ4v) is 1.69. The average Bonchev–Trinajstić information content (AvgIpc) is 2.33. The maximum Gasteiger partial charge on any atom is 0.303 e. The van der Waals surface area contributed by atoms with Crippen LogP contribution in [0.1, 0.15) is 31.2 Å². The van der Waals surface area contributed by atoms with E-state index in [9.17, 15) is 4.79 Å². The fourth-order valence-electron chi connectivity index (χ4n) is 1.69. The molecule has 0 aliphatic rings. The zero-order chi connectivity index (χ0) is 13.4. The number of hydrogen-bond acceptors (Lipinski definition) is 3. The predicted molar refractivity (Wildman–Crippen MR) is 72.3 cm³/mol. The Morgan fingerprint density at radius 2 is 2.11 bits per heavy atom. The SMILES string of the molecule is CNc1ccc(C)cc1OCCCCCC(=O)O. The highest BCUT2D eigenvalue weighted by molar-refractivity contribution is 5.66. The van der Waals surface area contributed by atoms with Crippen LogP contribution in [-0.2, 0) is 4.79 Å². The van der Waals surface area contributed by atoms with E-state index in [4.69, 9.17) is 9.84 Å². The first-order chi connectivity index (χ1) is 8.63. The van der Waals surface area contributed by atoms with Crippen molar-refractivity contribution in [1.82, 2.24) is 0 Å². The summed E-state index contributed by atoms with van der Waals surface area (Å²) in [6.45, 7) is 2.65. The topological polar surface area (TPSA) is 58.6 Å². The van der Waals surface area contributed by atoms with Crippen LogP contribution in [0, 0.1) is 6.92 Å². The van der Waals surface area contributed by atoms with Gasteiger partial charge in [-0.05, 0) is 43.9 Å². The van der Waals surface area contributed by atoms with Crippen molar-refractivity contribution in [2.75, 3.05) is 19.0 Å². The Labute approximate surface area is 108 Å². The molecule has 0 fully saturated rings. The molecule has 0 unspecified atom stereocenters. The van der Waals surface area contributed by atoms with Gasteiger partial charge in [0.2, 0.25) is 0 Å². The second-order valence-electron chi connectivity index (χ2n) is 4.30. The van der Waals surface area contributed by atoms with Gasteiger partial charge < -0.3 is 15.2 Å². The highest BCUT2D eigenvalue weighted by atomic mass is 16.5. The van der Waals surface area contributed by atoms with Gasteiger partial charge in [0, 0.05) is 13.5 Å². The second kappa shape index (κ2) is 7.58. The molecule has 0 aliphatic heterocycles. The van der Waals surface area contributed by atoms with Crippen molar-refractivity contribution in [3.05, 3.63) is 23.8 Å². The lowest BCUT2D eigenvalue weighted by atomic mass is 10.2. The molecule has 2 N–H and O–H groups in total. The highest BCUT2D eigenvalue weighted by Crippen LogP contribution is 2.25. The quantitative estimate of drug-likeness (QED) is 0.697. The number of nitrogens with one attached hydrogen (secondary N) is 1. The van der Waals surface area contributed by atoms with Crippen molar-refractivity contribution in [3.63, 3.8) is 0 Å². The number of carboxylic acids is 1. The molecule has 0 radical (unpaired) electrons. The number of aliphatic carboxylic acids is 1. The molecule has 0 atom stereocenters. The van der Waals surface area contributed by atoms with Gasteiger partial charge >= 0.3 is 5.97 Å². The smallest absolute Gasteiger partial charge is 0.303 e. The third-order valence-electron chi connectivity index (χ3n) is 2.70. The number of unbranched alkanes of at least 4 members (excludes halogenated alkanes) is 2. The number of carboxylic acid groups (broad SMARTS) is 1. The number of rotatable bonds is 8. The lowest BCUT2D eigenvalue weighted by Crippen LogP contribution is -2.01. The van der Waals surface area contributed by atoms with E-state index >= 15 is 0 Å². The van der Waals surface area contributed by atoms with E-state index < -0.39 is 5.97 Å². The van der Waals surface area contributed by atoms with Gasteiger partial charge in [-0.2, -0.15) is 0 Å². The zero-order valence-corrected chi connectivity index (χ0v) is 11.0. The molecular weight excluding hydrogens is 230 g/mol. The van der Waals surface area contributed by atoms with Crippen molar-refractivity contribution in [2.24, 2.45) is 0 Å². The summed E-state index contributed by atoms with van der Waals surface area (Å²) in [5.74, 6) is 0.128. The Kier molecular flexibility index (Phi) is 6.05. The molecule has 0 bridgehead atoms. The van der Waals surface area contributed by atoms with Crippen LogP contribution in [-0.4, -0.2) is 24.7 Å². The molecule has 4 nitrogen and oxygen atoms in total. The van der Waals surface area contributed by atoms with Crippen LogP contribution >= 0.6 is 0 Å². The molecule has 0 saturated carbocycles. The summed E-state index contributed by atoms with van der Waals surface area (Å²) in [7, 11) is 1.87. The first-order valence-corrected chi connectivity index (χ1v) is 6.26. The minimum absolute atomic E-state index is 0.242. The highest BCUT2D eigenvalue weighted by Gasteiger charge is 2.02. The third kappa shape index (κ3) is 5.08. The van der Waals surface area contributed by atoms with Gasteiger partial charge in [-0.25, -0.2) is 0 Å². The minimum Gasteiger partial charge on any atom is -0.491 e. The summed E-state index contributed by atoms with van der Waals surface area (Å²) in [5, 5.41) is 11.6. The van der Waals surface area contributed by atoms with Crippen molar-refractivity contribution < 1.29 is 14.6 Å². The number of benzene rings is 1. The van der Waals surface area contributed by atoms with Crippen LogP contribution in [0.3, 0.4) is 0 Å². The monoisotopic (exact) mass is 251 g/mol. The molecule has 100 valence electrons.